The van der Waals surface area contributed by atoms with Crippen LogP contribution in [0.3, 0.4) is 0 Å². The zero-order valence-electron chi connectivity index (χ0n) is 12.1. The van der Waals surface area contributed by atoms with Crippen molar-refractivity contribution in [2.45, 2.75) is 12.2 Å². The van der Waals surface area contributed by atoms with Gasteiger partial charge in [0, 0.05) is 18.0 Å². The van der Waals surface area contributed by atoms with Gasteiger partial charge in [0.05, 0.1) is 18.3 Å². The van der Waals surface area contributed by atoms with Crippen molar-refractivity contribution in [3.05, 3.63) is 54.5 Å². The number of hydrogen-bond donors (Lipinski definition) is 1. The van der Waals surface area contributed by atoms with Crippen LogP contribution in [0.15, 0.2) is 54.1 Å². The second-order valence-corrected chi connectivity index (χ2v) is 5.41. The fourth-order valence-electron chi connectivity index (χ4n) is 2.57. The molecule has 1 aromatic carbocycles. The van der Waals surface area contributed by atoms with Crippen LogP contribution in [0.25, 0.3) is 16.8 Å². The summed E-state index contributed by atoms with van der Waals surface area (Å²) in [6, 6.07) is 9.35. The number of aliphatic hydroxyl groups is 1. The molecule has 1 N–H and O–H groups in total. The van der Waals surface area contributed by atoms with Crippen molar-refractivity contribution in [1.29, 1.82) is 0 Å². The Morgan fingerprint density at radius 2 is 2.04 bits per heavy atom. The molecule has 0 saturated heterocycles. The summed E-state index contributed by atoms with van der Waals surface area (Å²) in [5.74, 6) is -1.83. The molecule has 6 nitrogen and oxygen atoms in total. The van der Waals surface area contributed by atoms with Gasteiger partial charge in [-0.15, -0.1) is 0 Å². The van der Waals surface area contributed by atoms with Gasteiger partial charge >= 0.3 is 0 Å². The summed E-state index contributed by atoms with van der Waals surface area (Å²) >= 11 is 0. The average Bonchev–Trinajstić information content (AvgIpc) is 3.20. The van der Waals surface area contributed by atoms with E-state index in [1.165, 1.54) is 0 Å². The number of rotatable bonds is 3. The third-order valence-electron chi connectivity index (χ3n) is 3.79. The standard InChI is InChI=1S/C16H13FN4O2/c17-10-16(22)8-14(20-23-16)12-4-2-11(3-5-12)13-9-19-21-7-1-6-18-15(13)21/h1-7,9,22H,8,10H2. The first kappa shape index (κ1) is 13.8. The Labute approximate surface area is 130 Å². The fraction of sp³-hybridized carbons (Fsp3) is 0.188. The molecular formula is C16H13FN4O2. The van der Waals surface area contributed by atoms with Crippen LogP contribution in [-0.2, 0) is 4.84 Å². The summed E-state index contributed by atoms with van der Waals surface area (Å²) in [7, 11) is 0. The van der Waals surface area contributed by atoms with Gasteiger partial charge in [0.25, 0.3) is 5.79 Å². The summed E-state index contributed by atoms with van der Waals surface area (Å²) in [5, 5.41) is 17.8. The minimum absolute atomic E-state index is 0.0289. The minimum atomic E-state index is -1.83. The lowest BCUT2D eigenvalue weighted by molar-refractivity contribution is -0.193. The van der Waals surface area contributed by atoms with Gasteiger partial charge in [-0.05, 0) is 17.2 Å². The van der Waals surface area contributed by atoms with Crippen molar-refractivity contribution < 1.29 is 14.3 Å². The fourth-order valence-corrected chi connectivity index (χ4v) is 2.57. The van der Waals surface area contributed by atoms with E-state index in [9.17, 15) is 9.50 Å². The van der Waals surface area contributed by atoms with E-state index in [2.05, 4.69) is 15.2 Å². The lowest BCUT2D eigenvalue weighted by Crippen LogP contribution is -2.31. The molecule has 1 atom stereocenters. The largest absolute Gasteiger partial charge is 0.357 e. The van der Waals surface area contributed by atoms with Gasteiger partial charge in [0.2, 0.25) is 0 Å². The molecule has 1 aliphatic rings. The zero-order valence-corrected chi connectivity index (χ0v) is 12.1. The highest BCUT2D eigenvalue weighted by Crippen LogP contribution is 2.27. The first-order valence-electron chi connectivity index (χ1n) is 7.11. The maximum Gasteiger partial charge on any atom is 0.268 e. The van der Waals surface area contributed by atoms with Crippen molar-refractivity contribution in [1.82, 2.24) is 14.6 Å². The molecule has 0 spiro atoms. The Hall–Kier alpha value is -2.80. The highest BCUT2D eigenvalue weighted by molar-refractivity contribution is 6.01. The molecule has 3 aromatic rings. The third kappa shape index (κ3) is 2.35. The van der Waals surface area contributed by atoms with Gasteiger partial charge in [-0.25, -0.2) is 13.9 Å². The van der Waals surface area contributed by atoms with Crippen LogP contribution in [0.1, 0.15) is 12.0 Å². The highest BCUT2D eigenvalue weighted by atomic mass is 19.1. The molecule has 0 aliphatic carbocycles. The van der Waals surface area contributed by atoms with Crippen molar-refractivity contribution in [3.63, 3.8) is 0 Å². The molecule has 4 rings (SSSR count). The molecule has 0 fully saturated rings. The summed E-state index contributed by atoms with van der Waals surface area (Å²) in [5.41, 5.74) is 3.95. The number of nitrogens with zero attached hydrogens (tertiary/aromatic N) is 4. The van der Waals surface area contributed by atoms with E-state index in [1.807, 2.05) is 36.5 Å². The van der Waals surface area contributed by atoms with Gasteiger partial charge < -0.3 is 9.94 Å². The average molecular weight is 312 g/mol. The van der Waals surface area contributed by atoms with Crippen LogP contribution >= 0.6 is 0 Å². The molecule has 3 heterocycles. The summed E-state index contributed by atoms with van der Waals surface area (Å²) in [6.45, 7) is -0.994. The highest BCUT2D eigenvalue weighted by Gasteiger charge is 2.37. The van der Waals surface area contributed by atoms with Crippen LogP contribution in [0, 0.1) is 0 Å². The van der Waals surface area contributed by atoms with Gasteiger partial charge in [-0.1, -0.05) is 29.4 Å². The van der Waals surface area contributed by atoms with Gasteiger partial charge in [-0.3, -0.25) is 0 Å². The summed E-state index contributed by atoms with van der Waals surface area (Å²) in [4.78, 5) is 9.09. The molecule has 0 radical (unpaired) electrons. The van der Waals surface area contributed by atoms with E-state index in [-0.39, 0.29) is 6.42 Å². The van der Waals surface area contributed by atoms with Crippen molar-refractivity contribution >= 4 is 11.4 Å². The Balaban J connectivity index is 1.64. The maximum atomic E-state index is 12.7. The lowest BCUT2D eigenvalue weighted by atomic mass is 10.0. The smallest absolute Gasteiger partial charge is 0.268 e. The van der Waals surface area contributed by atoms with Crippen molar-refractivity contribution in [2.24, 2.45) is 5.16 Å². The second-order valence-electron chi connectivity index (χ2n) is 5.41. The molecular weight excluding hydrogens is 299 g/mol. The number of hydrogen-bond acceptors (Lipinski definition) is 5. The molecule has 1 unspecified atom stereocenters. The minimum Gasteiger partial charge on any atom is -0.357 e. The predicted molar refractivity (Wildman–Crippen MR) is 81.6 cm³/mol. The van der Waals surface area contributed by atoms with Crippen LogP contribution in [0.4, 0.5) is 4.39 Å². The van der Waals surface area contributed by atoms with Crippen LogP contribution in [-0.4, -0.2) is 37.9 Å². The van der Waals surface area contributed by atoms with E-state index >= 15 is 0 Å². The first-order valence-corrected chi connectivity index (χ1v) is 7.11. The second kappa shape index (κ2) is 5.13. The van der Waals surface area contributed by atoms with Crippen LogP contribution in [0.2, 0.25) is 0 Å². The van der Waals surface area contributed by atoms with Crippen molar-refractivity contribution in [3.8, 4) is 11.1 Å². The van der Waals surface area contributed by atoms with Gasteiger partial charge in [-0.2, -0.15) is 5.10 Å². The summed E-state index contributed by atoms with van der Waals surface area (Å²) < 4.78 is 14.4. The first-order chi connectivity index (χ1) is 11.2. The number of alkyl halides is 1. The Kier molecular flexibility index (Phi) is 3.09. The molecule has 0 saturated carbocycles. The summed E-state index contributed by atoms with van der Waals surface area (Å²) in [6.07, 6.45) is 5.34. The molecule has 0 amide bonds. The topological polar surface area (TPSA) is 72.0 Å². The molecule has 23 heavy (non-hydrogen) atoms. The number of halogens is 1. The molecule has 1 aliphatic heterocycles. The molecule has 2 aromatic heterocycles. The van der Waals surface area contributed by atoms with E-state index in [4.69, 9.17) is 4.84 Å². The van der Waals surface area contributed by atoms with Crippen molar-refractivity contribution in [2.75, 3.05) is 6.67 Å². The Bertz CT molecular complexity index is 890. The zero-order chi connectivity index (χ0) is 15.9. The molecule has 116 valence electrons. The Morgan fingerprint density at radius 3 is 2.78 bits per heavy atom. The predicted octanol–water partition coefficient (Wildman–Crippen LogP) is 2.18. The van der Waals surface area contributed by atoms with Crippen LogP contribution in [0.5, 0.6) is 0 Å². The van der Waals surface area contributed by atoms with E-state index < -0.39 is 12.5 Å². The SMILES string of the molecule is OC1(CF)CC(c2ccc(-c3cnn4cccnc34)cc2)=NO1. The van der Waals surface area contributed by atoms with E-state index in [1.54, 1.807) is 16.9 Å². The number of fused-ring (bicyclic) bond motifs is 1. The molecule has 0 bridgehead atoms. The molecule has 7 heteroatoms. The monoisotopic (exact) mass is 312 g/mol. The number of aromatic nitrogens is 3. The quantitative estimate of drug-likeness (QED) is 0.804. The maximum absolute atomic E-state index is 12.7. The van der Waals surface area contributed by atoms with Gasteiger partial charge in [0.15, 0.2) is 12.3 Å². The van der Waals surface area contributed by atoms with E-state index in [0.29, 0.717) is 5.71 Å². The Morgan fingerprint density at radius 1 is 1.26 bits per heavy atom. The van der Waals surface area contributed by atoms with Gasteiger partial charge in [0.1, 0.15) is 0 Å². The number of oxime groups is 1. The number of benzene rings is 1. The normalized spacial score (nSPS) is 20.5. The van der Waals surface area contributed by atoms with Crippen LogP contribution < -0.4 is 0 Å². The van der Waals surface area contributed by atoms with E-state index in [0.717, 1.165) is 22.3 Å². The lowest BCUT2D eigenvalue weighted by Gasteiger charge is -2.14. The third-order valence-corrected chi connectivity index (χ3v) is 3.79.